The molecule has 17 heavy (non-hydrogen) atoms. The molecule has 0 spiro atoms. The molecule has 1 unspecified atom stereocenters. The van der Waals surface area contributed by atoms with Crippen LogP contribution in [-0.4, -0.2) is 17.7 Å². The van der Waals surface area contributed by atoms with Crippen molar-refractivity contribution in [3.05, 3.63) is 48.0 Å². The number of benzene rings is 1. The molecule has 1 aromatic rings. The molecule has 0 radical (unpaired) electrons. The third-order valence-corrected chi connectivity index (χ3v) is 2.97. The topological polar surface area (TPSA) is 46.2 Å². The average Bonchev–Trinajstić information content (AvgIpc) is 2.52. The van der Waals surface area contributed by atoms with Crippen LogP contribution in [0.25, 0.3) is 0 Å². The van der Waals surface area contributed by atoms with Crippen molar-refractivity contribution in [1.29, 1.82) is 0 Å². The minimum absolute atomic E-state index is 0.0198. The number of rotatable bonds is 2. The van der Waals surface area contributed by atoms with Gasteiger partial charge in [0.15, 0.2) is 5.78 Å². The van der Waals surface area contributed by atoms with E-state index in [1.807, 2.05) is 18.2 Å². The smallest absolute Gasteiger partial charge is 0.247 e. The average molecular weight is 229 g/mol. The SMILES string of the molecule is C=C1CCCC(C(=O)c2ccccc2)NC1=O. The highest BCUT2D eigenvalue weighted by Crippen LogP contribution is 2.16. The summed E-state index contributed by atoms with van der Waals surface area (Å²) in [4.78, 5) is 23.8. The molecule has 1 aliphatic heterocycles. The largest absolute Gasteiger partial charge is 0.342 e. The van der Waals surface area contributed by atoms with Crippen LogP contribution in [0.4, 0.5) is 0 Å². The van der Waals surface area contributed by atoms with Crippen LogP contribution in [0.1, 0.15) is 29.6 Å². The van der Waals surface area contributed by atoms with Crippen LogP contribution in [-0.2, 0) is 4.79 Å². The Balaban J connectivity index is 2.15. The molecule has 1 saturated heterocycles. The van der Waals surface area contributed by atoms with Gasteiger partial charge >= 0.3 is 0 Å². The lowest BCUT2D eigenvalue weighted by Gasteiger charge is -2.14. The number of carbonyl (C=O) groups excluding carboxylic acids is 2. The van der Waals surface area contributed by atoms with Crippen LogP contribution in [0.2, 0.25) is 0 Å². The quantitative estimate of drug-likeness (QED) is 0.623. The zero-order valence-electron chi connectivity index (χ0n) is 9.61. The molecule has 3 heteroatoms. The second kappa shape index (κ2) is 4.95. The van der Waals surface area contributed by atoms with Crippen LogP contribution < -0.4 is 5.32 Å². The van der Waals surface area contributed by atoms with Gasteiger partial charge in [-0.25, -0.2) is 0 Å². The number of amides is 1. The Morgan fingerprint density at radius 1 is 1.29 bits per heavy atom. The van der Waals surface area contributed by atoms with Crippen LogP contribution in [0, 0.1) is 0 Å². The summed E-state index contributed by atoms with van der Waals surface area (Å²) in [6, 6.07) is 8.64. The van der Waals surface area contributed by atoms with E-state index in [-0.39, 0.29) is 11.7 Å². The molecule has 0 bridgehead atoms. The van der Waals surface area contributed by atoms with E-state index < -0.39 is 6.04 Å². The molecule has 0 aliphatic carbocycles. The van der Waals surface area contributed by atoms with Crippen molar-refractivity contribution in [3.8, 4) is 0 Å². The highest BCUT2D eigenvalue weighted by Gasteiger charge is 2.25. The van der Waals surface area contributed by atoms with E-state index >= 15 is 0 Å². The first-order chi connectivity index (χ1) is 8.18. The van der Waals surface area contributed by atoms with E-state index in [4.69, 9.17) is 0 Å². The molecule has 1 heterocycles. The van der Waals surface area contributed by atoms with Gasteiger partial charge in [-0.1, -0.05) is 36.9 Å². The maximum atomic E-state index is 12.2. The molecular formula is C14H15NO2. The monoisotopic (exact) mass is 229 g/mol. The molecule has 1 fully saturated rings. The minimum atomic E-state index is -0.413. The maximum Gasteiger partial charge on any atom is 0.247 e. The van der Waals surface area contributed by atoms with E-state index in [9.17, 15) is 9.59 Å². The first-order valence-corrected chi connectivity index (χ1v) is 5.76. The summed E-state index contributed by atoms with van der Waals surface area (Å²) >= 11 is 0. The predicted molar refractivity (Wildman–Crippen MR) is 65.7 cm³/mol. The Bertz CT molecular complexity index is 451. The van der Waals surface area contributed by atoms with Crippen molar-refractivity contribution in [2.24, 2.45) is 0 Å². The molecule has 3 nitrogen and oxygen atoms in total. The van der Waals surface area contributed by atoms with Crippen molar-refractivity contribution >= 4 is 11.7 Å². The van der Waals surface area contributed by atoms with Gasteiger partial charge in [-0.15, -0.1) is 0 Å². The van der Waals surface area contributed by atoms with Crippen LogP contribution in [0.15, 0.2) is 42.5 Å². The molecule has 0 aromatic heterocycles. The number of hydrogen-bond donors (Lipinski definition) is 1. The van der Waals surface area contributed by atoms with Gasteiger partial charge in [0.2, 0.25) is 5.91 Å². The Labute approximate surface area is 101 Å². The van der Waals surface area contributed by atoms with Crippen molar-refractivity contribution in [2.75, 3.05) is 0 Å². The van der Waals surface area contributed by atoms with Gasteiger partial charge in [-0.3, -0.25) is 9.59 Å². The van der Waals surface area contributed by atoms with Crippen LogP contribution >= 0.6 is 0 Å². The van der Waals surface area contributed by atoms with Crippen molar-refractivity contribution in [3.63, 3.8) is 0 Å². The molecule has 88 valence electrons. The molecule has 1 amide bonds. The van der Waals surface area contributed by atoms with Gasteiger partial charge in [0, 0.05) is 11.1 Å². The van der Waals surface area contributed by atoms with Gasteiger partial charge < -0.3 is 5.32 Å². The third kappa shape index (κ3) is 2.61. The summed E-state index contributed by atoms with van der Waals surface area (Å²) in [5, 5.41) is 2.74. The highest BCUT2D eigenvalue weighted by molar-refractivity contribution is 6.04. The van der Waals surface area contributed by atoms with Crippen molar-refractivity contribution < 1.29 is 9.59 Å². The summed E-state index contributed by atoms with van der Waals surface area (Å²) in [7, 11) is 0. The molecular weight excluding hydrogens is 214 g/mol. The molecule has 1 N–H and O–H groups in total. The van der Waals surface area contributed by atoms with Crippen LogP contribution in [0.5, 0.6) is 0 Å². The van der Waals surface area contributed by atoms with E-state index in [0.29, 0.717) is 24.0 Å². The molecule has 1 atom stereocenters. The molecule has 1 aliphatic rings. The van der Waals surface area contributed by atoms with E-state index in [2.05, 4.69) is 11.9 Å². The molecule has 1 aromatic carbocycles. The van der Waals surface area contributed by atoms with Crippen molar-refractivity contribution in [1.82, 2.24) is 5.32 Å². The van der Waals surface area contributed by atoms with Gasteiger partial charge in [0.05, 0.1) is 6.04 Å². The number of Topliss-reactive ketones (excluding diaryl/α,β-unsaturated/α-hetero) is 1. The predicted octanol–water partition coefficient (Wildman–Crippen LogP) is 2.09. The first kappa shape index (κ1) is 11.6. The Hall–Kier alpha value is -1.90. The lowest BCUT2D eigenvalue weighted by molar-refractivity contribution is -0.117. The lowest BCUT2D eigenvalue weighted by atomic mass is 10.0. The Morgan fingerprint density at radius 3 is 2.71 bits per heavy atom. The zero-order chi connectivity index (χ0) is 12.3. The van der Waals surface area contributed by atoms with Gasteiger partial charge in [0.1, 0.15) is 0 Å². The molecule has 0 saturated carbocycles. The van der Waals surface area contributed by atoms with Gasteiger partial charge in [-0.2, -0.15) is 0 Å². The standard InChI is InChI=1S/C14H15NO2/c1-10-6-5-9-12(15-14(10)17)13(16)11-7-3-2-4-8-11/h2-4,7-8,12H,1,5-6,9H2,(H,15,17). The summed E-state index contributed by atoms with van der Waals surface area (Å²) in [6.07, 6.45) is 2.17. The van der Waals surface area contributed by atoms with Gasteiger partial charge in [0.25, 0.3) is 0 Å². The zero-order valence-corrected chi connectivity index (χ0v) is 9.61. The number of hydrogen-bond acceptors (Lipinski definition) is 2. The Kier molecular flexibility index (Phi) is 3.38. The van der Waals surface area contributed by atoms with E-state index in [1.165, 1.54) is 0 Å². The van der Waals surface area contributed by atoms with Gasteiger partial charge in [-0.05, 0) is 19.3 Å². The second-order valence-electron chi connectivity index (χ2n) is 4.25. The lowest BCUT2D eigenvalue weighted by Crippen LogP contribution is -2.39. The Morgan fingerprint density at radius 2 is 2.00 bits per heavy atom. The number of ketones is 1. The van der Waals surface area contributed by atoms with E-state index in [0.717, 1.165) is 6.42 Å². The fraction of sp³-hybridized carbons (Fsp3) is 0.286. The summed E-state index contributed by atoms with van der Waals surface area (Å²) in [5.41, 5.74) is 1.21. The van der Waals surface area contributed by atoms with E-state index in [1.54, 1.807) is 12.1 Å². The normalized spacial score (nSPS) is 20.6. The fourth-order valence-electron chi connectivity index (χ4n) is 1.97. The highest BCUT2D eigenvalue weighted by atomic mass is 16.2. The second-order valence-corrected chi connectivity index (χ2v) is 4.25. The van der Waals surface area contributed by atoms with Crippen molar-refractivity contribution in [2.45, 2.75) is 25.3 Å². The minimum Gasteiger partial charge on any atom is -0.342 e. The first-order valence-electron chi connectivity index (χ1n) is 5.76. The number of nitrogens with one attached hydrogen (secondary N) is 1. The summed E-state index contributed by atoms with van der Waals surface area (Å²) in [6.45, 7) is 3.70. The summed E-state index contributed by atoms with van der Waals surface area (Å²) in [5.74, 6) is -0.217. The maximum absolute atomic E-state index is 12.2. The third-order valence-electron chi connectivity index (χ3n) is 2.97. The fourth-order valence-corrected chi connectivity index (χ4v) is 1.97. The summed E-state index contributed by atoms with van der Waals surface area (Å²) < 4.78 is 0. The number of carbonyl (C=O) groups is 2. The molecule has 2 rings (SSSR count). The van der Waals surface area contributed by atoms with Crippen LogP contribution in [0.3, 0.4) is 0 Å².